The fraction of sp³-hybridized carbons (Fsp3) is 0.800. The molecule has 0 aromatic heterocycles. The van der Waals surface area contributed by atoms with Crippen molar-refractivity contribution in [3.05, 3.63) is 0 Å². The molecule has 82 valence electrons. The molecular formula is C10H20N2O2. The summed E-state index contributed by atoms with van der Waals surface area (Å²) in [5.41, 5.74) is 0. The number of amides is 1. The van der Waals surface area contributed by atoms with E-state index in [0.717, 1.165) is 6.29 Å². The minimum absolute atomic E-state index is 0.0270. The fourth-order valence-electron chi connectivity index (χ4n) is 1.24. The van der Waals surface area contributed by atoms with Gasteiger partial charge in [-0.05, 0) is 20.0 Å². The Kier molecular flexibility index (Phi) is 5.38. The van der Waals surface area contributed by atoms with Crippen LogP contribution in [0.2, 0.25) is 0 Å². The summed E-state index contributed by atoms with van der Waals surface area (Å²) in [5.74, 6) is 0.129. The van der Waals surface area contributed by atoms with Crippen LogP contribution in [0.1, 0.15) is 13.8 Å². The molecule has 0 N–H and O–H groups in total. The highest BCUT2D eigenvalue weighted by atomic mass is 16.2. The SMILES string of the molecule is CC(C)C(C=O)N(C)C(=O)CN(C)C. The Bertz CT molecular complexity index is 202. The number of carbonyl (C=O) groups is 2. The van der Waals surface area contributed by atoms with E-state index in [1.165, 1.54) is 4.90 Å². The predicted octanol–water partition coefficient (Wildman–Crippen LogP) is 0.230. The molecule has 4 nitrogen and oxygen atoms in total. The van der Waals surface area contributed by atoms with Gasteiger partial charge in [-0.2, -0.15) is 0 Å². The van der Waals surface area contributed by atoms with E-state index in [0.29, 0.717) is 6.54 Å². The molecule has 4 heteroatoms. The van der Waals surface area contributed by atoms with Gasteiger partial charge < -0.3 is 14.6 Å². The molecule has 1 amide bonds. The lowest BCUT2D eigenvalue weighted by Crippen LogP contribution is -2.45. The van der Waals surface area contributed by atoms with E-state index in [4.69, 9.17) is 0 Å². The van der Waals surface area contributed by atoms with Crippen LogP contribution >= 0.6 is 0 Å². The summed E-state index contributed by atoms with van der Waals surface area (Å²) in [6.07, 6.45) is 0.832. The van der Waals surface area contributed by atoms with Crippen molar-refractivity contribution in [2.45, 2.75) is 19.9 Å². The highest BCUT2D eigenvalue weighted by Gasteiger charge is 2.22. The second-order valence-electron chi connectivity index (χ2n) is 4.11. The van der Waals surface area contributed by atoms with Crippen LogP contribution in [-0.2, 0) is 9.59 Å². The van der Waals surface area contributed by atoms with Gasteiger partial charge in [-0.3, -0.25) is 4.79 Å². The fourth-order valence-corrected chi connectivity index (χ4v) is 1.24. The summed E-state index contributed by atoms with van der Waals surface area (Å²) >= 11 is 0. The predicted molar refractivity (Wildman–Crippen MR) is 56.0 cm³/mol. The summed E-state index contributed by atoms with van der Waals surface area (Å²) < 4.78 is 0. The molecule has 0 fully saturated rings. The number of likely N-dealkylation sites (N-methyl/N-ethyl adjacent to an activating group) is 2. The van der Waals surface area contributed by atoms with E-state index >= 15 is 0 Å². The second-order valence-corrected chi connectivity index (χ2v) is 4.11. The lowest BCUT2D eigenvalue weighted by Gasteiger charge is -2.27. The molecule has 0 aliphatic rings. The van der Waals surface area contributed by atoms with Crippen molar-refractivity contribution < 1.29 is 9.59 Å². The van der Waals surface area contributed by atoms with Crippen molar-refractivity contribution in [3.63, 3.8) is 0 Å². The van der Waals surface area contributed by atoms with Crippen molar-refractivity contribution in [1.29, 1.82) is 0 Å². The number of carbonyl (C=O) groups excluding carboxylic acids is 2. The molecule has 1 unspecified atom stereocenters. The zero-order valence-electron chi connectivity index (χ0n) is 9.65. The van der Waals surface area contributed by atoms with Crippen LogP contribution in [0.4, 0.5) is 0 Å². The Labute approximate surface area is 85.9 Å². The van der Waals surface area contributed by atoms with Gasteiger partial charge in [-0.1, -0.05) is 13.8 Å². The molecule has 0 aliphatic heterocycles. The third-order valence-electron chi connectivity index (χ3n) is 2.11. The van der Waals surface area contributed by atoms with Gasteiger partial charge >= 0.3 is 0 Å². The van der Waals surface area contributed by atoms with Gasteiger partial charge in [0.05, 0.1) is 12.6 Å². The lowest BCUT2D eigenvalue weighted by atomic mass is 10.0. The van der Waals surface area contributed by atoms with Gasteiger partial charge in [0.1, 0.15) is 6.29 Å². The average molecular weight is 200 g/mol. The van der Waals surface area contributed by atoms with Crippen molar-refractivity contribution in [3.8, 4) is 0 Å². The average Bonchev–Trinajstić information content (AvgIpc) is 2.03. The first kappa shape index (κ1) is 13.1. The van der Waals surface area contributed by atoms with Crippen LogP contribution in [-0.4, -0.2) is 55.7 Å². The standard InChI is InChI=1S/C10H20N2O2/c1-8(2)9(7-13)12(5)10(14)6-11(3)4/h7-9H,6H2,1-5H3. The first-order chi connectivity index (χ1) is 6.40. The van der Waals surface area contributed by atoms with E-state index in [1.807, 2.05) is 27.9 Å². The zero-order valence-corrected chi connectivity index (χ0v) is 9.65. The zero-order chi connectivity index (χ0) is 11.3. The van der Waals surface area contributed by atoms with E-state index in [9.17, 15) is 9.59 Å². The van der Waals surface area contributed by atoms with Crippen molar-refractivity contribution >= 4 is 12.2 Å². The molecular weight excluding hydrogens is 180 g/mol. The Morgan fingerprint density at radius 2 is 1.79 bits per heavy atom. The Hall–Kier alpha value is -0.900. The Morgan fingerprint density at radius 1 is 1.29 bits per heavy atom. The summed E-state index contributed by atoms with van der Waals surface area (Å²) in [6.45, 7) is 4.20. The first-order valence-corrected chi connectivity index (χ1v) is 4.75. The van der Waals surface area contributed by atoms with Crippen LogP contribution < -0.4 is 0 Å². The molecule has 0 heterocycles. The van der Waals surface area contributed by atoms with Crippen LogP contribution in [0, 0.1) is 5.92 Å². The smallest absolute Gasteiger partial charge is 0.237 e. The monoisotopic (exact) mass is 200 g/mol. The van der Waals surface area contributed by atoms with Gasteiger partial charge in [-0.25, -0.2) is 0 Å². The molecule has 0 rings (SSSR count). The number of rotatable bonds is 5. The number of hydrogen-bond acceptors (Lipinski definition) is 3. The molecule has 1 atom stereocenters. The number of aldehydes is 1. The summed E-state index contributed by atoms with van der Waals surface area (Å²) in [7, 11) is 5.33. The van der Waals surface area contributed by atoms with Gasteiger partial charge in [0.25, 0.3) is 0 Å². The van der Waals surface area contributed by atoms with Gasteiger partial charge in [-0.15, -0.1) is 0 Å². The molecule has 0 bridgehead atoms. The normalized spacial score (nSPS) is 13.1. The minimum atomic E-state index is -0.317. The van der Waals surface area contributed by atoms with Crippen LogP contribution in [0.25, 0.3) is 0 Å². The van der Waals surface area contributed by atoms with Gasteiger partial charge in [0.15, 0.2) is 0 Å². The molecule has 0 aromatic carbocycles. The van der Waals surface area contributed by atoms with Gasteiger partial charge in [0.2, 0.25) is 5.91 Å². The first-order valence-electron chi connectivity index (χ1n) is 4.75. The van der Waals surface area contributed by atoms with Crippen LogP contribution in [0.15, 0.2) is 0 Å². The maximum absolute atomic E-state index is 11.6. The summed E-state index contributed by atoms with van der Waals surface area (Å²) in [4.78, 5) is 25.7. The highest BCUT2D eigenvalue weighted by molar-refractivity contribution is 5.81. The lowest BCUT2D eigenvalue weighted by molar-refractivity contribution is -0.136. The molecule has 14 heavy (non-hydrogen) atoms. The maximum Gasteiger partial charge on any atom is 0.237 e. The summed E-state index contributed by atoms with van der Waals surface area (Å²) in [5, 5.41) is 0. The van der Waals surface area contributed by atoms with Crippen molar-refractivity contribution in [2.75, 3.05) is 27.7 Å². The van der Waals surface area contributed by atoms with Crippen LogP contribution in [0.5, 0.6) is 0 Å². The maximum atomic E-state index is 11.6. The third-order valence-corrected chi connectivity index (χ3v) is 2.11. The van der Waals surface area contributed by atoms with E-state index in [1.54, 1.807) is 11.9 Å². The Morgan fingerprint density at radius 3 is 2.07 bits per heavy atom. The topological polar surface area (TPSA) is 40.6 Å². The molecule has 0 saturated heterocycles. The summed E-state index contributed by atoms with van der Waals surface area (Å²) in [6, 6.07) is -0.317. The number of nitrogens with zero attached hydrogens (tertiary/aromatic N) is 2. The van der Waals surface area contributed by atoms with Crippen LogP contribution in [0.3, 0.4) is 0 Å². The third kappa shape index (κ3) is 3.87. The molecule has 0 aromatic rings. The highest BCUT2D eigenvalue weighted by Crippen LogP contribution is 2.06. The van der Waals surface area contributed by atoms with Crippen molar-refractivity contribution in [2.24, 2.45) is 5.92 Å². The Balaban J connectivity index is 4.34. The molecule has 0 spiro atoms. The molecule has 0 radical (unpaired) electrons. The van der Waals surface area contributed by atoms with Gasteiger partial charge in [0, 0.05) is 7.05 Å². The second kappa shape index (κ2) is 5.75. The molecule has 0 aliphatic carbocycles. The number of hydrogen-bond donors (Lipinski definition) is 0. The quantitative estimate of drug-likeness (QED) is 0.596. The minimum Gasteiger partial charge on any atom is -0.335 e. The van der Waals surface area contributed by atoms with Crippen molar-refractivity contribution in [1.82, 2.24) is 9.80 Å². The van der Waals surface area contributed by atoms with E-state index in [2.05, 4.69) is 0 Å². The van der Waals surface area contributed by atoms with E-state index < -0.39 is 0 Å². The largest absolute Gasteiger partial charge is 0.335 e. The van der Waals surface area contributed by atoms with E-state index in [-0.39, 0.29) is 17.9 Å². The molecule has 0 saturated carbocycles.